The maximum atomic E-state index is 13.8. The summed E-state index contributed by atoms with van der Waals surface area (Å²) in [7, 11) is 2.82. The lowest BCUT2D eigenvalue weighted by Crippen LogP contribution is -2.58. The van der Waals surface area contributed by atoms with Crippen molar-refractivity contribution in [3.63, 3.8) is 0 Å². The molecule has 6 bridgehead atoms. The molecule has 264 valence electrons. The van der Waals surface area contributed by atoms with E-state index in [1.54, 1.807) is 60.5 Å². The normalized spacial score (nSPS) is 17.0. The molecule has 0 spiro atoms. The number of carbonyl (C=O) groups excluding carboxylic acids is 4. The minimum atomic E-state index is -0.587. The summed E-state index contributed by atoms with van der Waals surface area (Å²) in [6.45, 7) is 0.399. The number of hydrogen-bond acceptors (Lipinski definition) is 10. The van der Waals surface area contributed by atoms with Gasteiger partial charge < -0.3 is 39.6 Å². The summed E-state index contributed by atoms with van der Waals surface area (Å²) in [6, 6.07) is 22.0. The highest BCUT2D eigenvalue weighted by Gasteiger charge is 2.35. The van der Waals surface area contributed by atoms with Gasteiger partial charge in [-0.05, 0) is 65.7 Å². The highest BCUT2D eigenvalue weighted by Crippen LogP contribution is 2.33. The molecule has 4 heterocycles. The van der Waals surface area contributed by atoms with E-state index in [-0.39, 0.29) is 48.6 Å². The molecule has 4 aromatic rings. The highest BCUT2D eigenvalue weighted by molar-refractivity contribution is 5.97. The van der Waals surface area contributed by atoms with Crippen LogP contribution in [0.5, 0.6) is 17.2 Å². The van der Waals surface area contributed by atoms with Gasteiger partial charge in [0.1, 0.15) is 29.0 Å². The molecule has 0 saturated carbocycles. The Hall–Kier alpha value is -6.44. The Kier molecular flexibility index (Phi) is 11.8. The van der Waals surface area contributed by atoms with Crippen molar-refractivity contribution in [1.82, 2.24) is 20.5 Å². The Morgan fingerprint density at radius 1 is 0.980 bits per heavy atom. The Labute approximate surface area is 293 Å². The number of nitrogens with one attached hydrogen (secondary N) is 2. The van der Waals surface area contributed by atoms with Crippen molar-refractivity contribution >= 4 is 30.2 Å². The number of piperidine rings is 1. The monoisotopic (exact) mass is 696 g/mol. The second kappa shape index (κ2) is 16.8. The van der Waals surface area contributed by atoms with Crippen LogP contribution in [0.3, 0.4) is 0 Å². The standard InChI is InChI=1S/C36H34N4O8.CH2O2/c1-45-31-13-9-24-17-28(31)23-4-3-5-27(16-23)47-21-33(41)38-18-22-6-10-26(11-7-22)48-32-14-15-40(20-30(32)39-34(24)42)35(43)29-12-8-25(19-37-29)36(44)46-2;2-1-3/h3-13,16-17,19,30,32H,14-15,18,20-21H2,1-2H3,(H,38,41)(H,39,42);1H,(H,2,3)/t30-,32-;/m1./s1. The van der Waals surface area contributed by atoms with Crippen molar-refractivity contribution in [3.05, 3.63) is 107 Å². The molecule has 3 aliphatic heterocycles. The van der Waals surface area contributed by atoms with Gasteiger partial charge in [0.2, 0.25) is 0 Å². The lowest BCUT2D eigenvalue weighted by Gasteiger charge is -2.38. The Bertz CT molecular complexity index is 1880. The van der Waals surface area contributed by atoms with Gasteiger partial charge in [0.25, 0.3) is 24.2 Å². The number of amides is 3. The van der Waals surface area contributed by atoms with Crippen LogP contribution < -0.4 is 24.8 Å². The van der Waals surface area contributed by atoms with Gasteiger partial charge in [-0.1, -0.05) is 24.3 Å². The number of rotatable bonds is 3. The fraction of sp³-hybridized carbons (Fsp3) is 0.243. The predicted octanol–water partition coefficient (Wildman–Crippen LogP) is 3.35. The van der Waals surface area contributed by atoms with Crippen LogP contribution in [-0.4, -0.2) is 91.2 Å². The molecule has 14 nitrogen and oxygen atoms in total. The van der Waals surface area contributed by atoms with E-state index in [9.17, 15) is 19.2 Å². The van der Waals surface area contributed by atoms with Crippen molar-refractivity contribution in [2.45, 2.75) is 25.1 Å². The van der Waals surface area contributed by atoms with Crippen molar-refractivity contribution in [1.29, 1.82) is 0 Å². The van der Waals surface area contributed by atoms with Gasteiger partial charge in [-0.15, -0.1) is 0 Å². The molecule has 2 atom stereocenters. The van der Waals surface area contributed by atoms with Gasteiger partial charge >= 0.3 is 5.97 Å². The second-order valence-corrected chi connectivity index (χ2v) is 11.5. The van der Waals surface area contributed by atoms with E-state index < -0.39 is 18.1 Å². The number of carboxylic acid groups (broad SMARTS) is 1. The van der Waals surface area contributed by atoms with Crippen LogP contribution in [0.15, 0.2) is 85.1 Å². The molecule has 1 saturated heterocycles. The SMILES string of the molecule is COC(=O)c1ccc(C(=O)N2CC[C@H]3Oc4ccc(cc4)CNC(=O)COc4cccc(c4)-c4cc(ccc4OC)C(=O)N[C@@H]3C2)nc1.O=CO. The number of nitrogens with zero attached hydrogens (tertiary/aromatic N) is 2. The second-order valence-electron chi connectivity index (χ2n) is 11.5. The first-order valence-corrected chi connectivity index (χ1v) is 15.9. The quantitative estimate of drug-likeness (QED) is 0.211. The maximum absolute atomic E-state index is 13.8. The number of likely N-dealkylation sites (tertiary alicyclic amines) is 1. The van der Waals surface area contributed by atoms with E-state index >= 15 is 0 Å². The van der Waals surface area contributed by atoms with Gasteiger partial charge in [0.05, 0.1) is 25.8 Å². The third-order valence-electron chi connectivity index (χ3n) is 8.23. The fourth-order valence-electron chi connectivity index (χ4n) is 5.66. The summed E-state index contributed by atoms with van der Waals surface area (Å²) >= 11 is 0. The summed E-state index contributed by atoms with van der Waals surface area (Å²) in [5.74, 6) is 0.0906. The highest BCUT2D eigenvalue weighted by atomic mass is 16.5. The number of methoxy groups -OCH3 is 2. The molecule has 14 heteroatoms. The first-order chi connectivity index (χ1) is 24.7. The van der Waals surface area contributed by atoms with Crippen LogP contribution in [0.2, 0.25) is 0 Å². The summed E-state index contributed by atoms with van der Waals surface area (Å²) in [5.41, 5.74) is 3.02. The van der Waals surface area contributed by atoms with Crippen LogP contribution in [0, 0.1) is 0 Å². The smallest absolute Gasteiger partial charge is 0.339 e. The number of aromatic nitrogens is 1. The van der Waals surface area contributed by atoms with Gasteiger partial charge in [0, 0.05) is 43.4 Å². The van der Waals surface area contributed by atoms with Gasteiger partial charge in [0.15, 0.2) is 6.61 Å². The van der Waals surface area contributed by atoms with E-state index in [1.165, 1.54) is 25.4 Å². The number of ether oxygens (including phenoxy) is 4. The van der Waals surface area contributed by atoms with Crippen molar-refractivity contribution < 1.29 is 48.0 Å². The molecule has 0 aliphatic carbocycles. The lowest BCUT2D eigenvalue weighted by molar-refractivity contribution is -0.123. The van der Waals surface area contributed by atoms with Crippen LogP contribution in [0.4, 0.5) is 0 Å². The maximum Gasteiger partial charge on any atom is 0.339 e. The third-order valence-corrected chi connectivity index (χ3v) is 8.23. The third kappa shape index (κ3) is 8.97. The molecular formula is C37H36N4O10. The molecule has 3 amide bonds. The van der Waals surface area contributed by atoms with Gasteiger partial charge in [-0.25, -0.2) is 4.79 Å². The van der Waals surface area contributed by atoms with Gasteiger partial charge in [-0.3, -0.25) is 24.2 Å². The van der Waals surface area contributed by atoms with E-state index in [1.807, 2.05) is 18.2 Å². The summed E-state index contributed by atoms with van der Waals surface area (Å²) in [4.78, 5) is 65.9. The van der Waals surface area contributed by atoms with Crippen LogP contribution in [-0.2, 0) is 20.9 Å². The zero-order chi connectivity index (χ0) is 36.3. The number of benzene rings is 3. The molecule has 51 heavy (non-hydrogen) atoms. The molecule has 1 fully saturated rings. The first kappa shape index (κ1) is 35.9. The van der Waals surface area contributed by atoms with Crippen LogP contribution in [0.25, 0.3) is 11.1 Å². The van der Waals surface area contributed by atoms with E-state index in [4.69, 9.17) is 28.8 Å². The Morgan fingerprint density at radius 2 is 1.76 bits per heavy atom. The topological polar surface area (TPSA) is 183 Å². The minimum absolute atomic E-state index is 0.155. The number of carbonyl (C=O) groups is 5. The van der Waals surface area contributed by atoms with E-state index in [0.29, 0.717) is 47.9 Å². The number of esters is 1. The van der Waals surface area contributed by atoms with E-state index in [2.05, 4.69) is 15.6 Å². The largest absolute Gasteiger partial charge is 0.496 e. The average Bonchev–Trinajstić information content (AvgIpc) is 3.16. The van der Waals surface area contributed by atoms with Crippen molar-refractivity contribution in [2.75, 3.05) is 33.9 Å². The summed E-state index contributed by atoms with van der Waals surface area (Å²) < 4.78 is 22.5. The van der Waals surface area contributed by atoms with Crippen molar-refractivity contribution in [3.8, 4) is 28.4 Å². The minimum Gasteiger partial charge on any atom is -0.496 e. The fourth-order valence-corrected chi connectivity index (χ4v) is 5.66. The van der Waals surface area contributed by atoms with E-state index in [0.717, 1.165) is 11.1 Å². The Balaban J connectivity index is 0.00000162. The lowest BCUT2D eigenvalue weighted by atomic mass is 9.99. The van der Waals surface area contributed by atoms with Crippen molar-refractivity contribution in [2.24, 2.45) is 0 Å². The zero-order valence-electron chi connectivity index (χ0n) is 27.9. The van der Waals surface area contributed by atoms with Gasteiger partial charge in [-0.2, -0.15) is 0 Å². The molecule has 0 unspecified atom stereocenters. The molecule has 3 aromatic carbocycles. The predicted molar refractivity (Wildman–Crippen MR) is 183 cm³/mol. The molecule has 7 rings (SSSR count). The number of fused-ring (bicyclic) bond motifs is 7. The average molecular weight is 697 g/mol. The molecule has 3 aliphatic rings. The molecular weight excluding hydrogens is 660 g/mol. The summed E-state index contributed by atoms with van der Waals surface area (Å²) in [5, 5.41) is 12.9. The molecule has 0 radical (unpaired) electrons. The summed E-state index contributed by atoms with van der Waals surface area (Å²) in [6.07, 6.45) is 1.26. The molecule has 3 N–H and O–H groups in total. The zero-order valence-corrected chi connectivity index (χ0v) is 27.9. The Morgan fingerprint density at radius 3 is 2.47 bits per heavy atom. The van der Waals surface area contributed by atoms with Crippen LogP contribution >= 0.6 is 0 Å². The number of pyridine rings is 1. The first-order valence-electron chi connectivity index (χ1n) is 15.9. The molecule has 1 aromatic heterocycles. The van der Waals surface area contributed by atoms with Crippen LogP contribution in [0.1, 0.15) is 43.2 Å². The number of hydrogen-bond donors (Lipinski definition) is 3.